The topological polar surface area (TPSA) is 67.6 Å². The van der Waals surface area contributed by atoms with Crippen molar-refractivity contribution in [3.63, 3.8) is 0 Å². The van der Waals surface area contributed by atoms with Crippen LogP contribution in [-0.4, -0.2) is 36.8 Å². The van der Waals surface area contributed by atoms with Crippen LogP contribution in [0.15, 0.2) is 34.7 Å². The smallest absolute Gasteiger partial charge is 0.222 e. The average Bonchev–Trinajstić information content (AvgIpc) is 3.20. The van der Waals surface area contributed by atoms with E-state index in [1.165, 1.54) is 0 Å². The van der Waals surface area contributed by atoms with Gasteiger partial charge in [-0.2, -0.15) is 0 Å². The van der Waals surface area contributed by atoms with Gasteiger partial charge in [-0.3, -0.25) is 4.79 Å². The quantitative estimate of drug-likeness (QED) is 0.734. The summed E-state index contributed by atoms with van der Waals surface area (Å²) >= 11 is 12.2. The van der Waals surface area contributed by atoms with Crippen molar-refractivity contribution in [1.29, 1.82) is 0 Å². The summed E-state index contributed by atoms with van der Waals surface area (Å²) in [5.74, 6) is 1.16. The summed E-state index contributed by atoms with van der Waals surface area (Å²) in [5.41, 5.74) is 0.669. The fourth-order valence-corrected chi connectivity index (χ4v) is 5.22. The van der Waals surface area contributed by atoms with Crippen molar-refractivity contribution >= 4 is 38.9 Å². The van der Waals surface area contributed by atoms with Crippen LogP contribution in [0.3, 0.4) is 0 Å². The molecule has 0 N–H and O–H groups in total. The van der Waals surface area contributed by atoms with E-state index < -0.39 is 9.84 Å². The van der Waals surface area contributed by atoms with E-state index in [4.69, 9.17) is 27.6 Å². The standard InChI is InChI=1S/C18H19Cl2NO4S/c1-2-18(22)21(13-7-8-26(23,24)11-13)10-14-4-6-17(25-14)15-9-12(19)3-5-16(15)20/h3-6,9,13H,2,7-8,10-11H2,1H3/t13-/m0/s1. The number of nitrogens with zero attached hydrogens (tertiary/aromatic N) is 1. The molecule has 1 aromatic carbocycles. The zero-order valence-corrected chi connectivity index (χ0v) is 16.6. The van der Waals surface area contributed by atoms with Crippen molar-refractivity contribution in [3.05, 3.63) is 46.1 Å². The van der Waals surface area contributed by atoms with Gasteiger partial charge in [0.25, 0.3) is 0 Å². The predicted molar refractivity (Wildman–Crippen MR) is 102 cm³/mol. The van der Waals surface area contributed by atoms with Gasteiger partial charge < -0.3 is 9.32 Å². The molecule has 5 nitrogen and oxygen atoms in total. The van der Waals surface area contributed by atoms with Gasteiger partial charge in [0.15, 0.2) is 9.84 Å². The van der Waals surface area contributed by atoms with Gasteiger partial charge in [-0.05, 0) is 36.8 Å². The Morgan fingerprint density at radius 2 is 2.04 bits per heavy atom. The Bertz CT molecular complexity index is 923. The lowest BCUT2D eigenvalue weighted by Gasteiger charge is -2.27. The molecular formula is C18H19Cl2NO4S. The number of carbonyl (C=O) groups excluding carboxylic acids is 1. The maximum atomic E-state index is 12.3. The van der Waals surface area contributed by atoms with E-state index in [1.54, 1.807) is 42.2 Å². The lowest BCUT2D eigenvalue weighted by atomic mass is 10.2. The third-order valence-corrected chi connectivity index (χ3v) is 6.77. The van der Waals surface area contributed by atoms with Crippen LogP contribution in [0.25, 0.3) is 11.3 Å². The second-order valence-electron chi connectivity index (χ2n) is 6.32. The number of amides is 1. The molecule has 0 bridgehead atoms. The first-order chi connectivity index (χ1) is 12.3. The molecule has 1 aromatic heterocycles. The van der Waals surface area contributed by atoms with Crippen molar-refractivity contribution in [2.75, 3.05) is 11.5 Å². The van der Waals surface area contributed by atoms with Crippen LogP contribution in [0.1, 0.15) is 25.5 Å². The monoisotopic (exact) mass is 415 g/mol. The van der Waals surface area contributed by atoms with Crippen LogP contribution in [0.2, 0.25) is 10.0 Å². The van der Waals surface area contributed by atoms with Crippen LogP contribution < -0.4 is 0 Å². The second-order valence-corrected chi connectivity index (χ2v) is 9.39. The third-order valence-electron chi connectivity index (χ3n) is 4.45. The summed E-state index contributed by atoms with van der Waals surface area (Å²) in [6.45, 7) is 1.99. The summed E-state index contributed by atoms with van der Waals surface area (Å²) < 4.78 is 29.4. The maximum Gasteiger partial charge on any atom is 0.222 e. The molecule has 1 fully saturated rings. The molecule has 0 spiro atoms. The molecule has 8 heteroatoms. The van der Waals surface area contributed by atoms with E-state index in [9.17, 15) is 13.2 Å². The number of hydrogen-bond acceptors (Lipinski definition) is 4. The Labute approximate surface area is 162 Å². The van der Waals surface area contributed by atoms with E-state index >= 15 is 0 Å². The lowest BCUT2D eigenvalue weighted by molar-refractivity contribution is -0.133. The first-order valence-corrected chi connectivity index (χ1v) is 10.9. The third kappa shape index (κ3) is 4.24. The number of hydrogen-bond donors (Lipinski definition) is 0. The Kier molecular flexibility index (Phi) is 5.65. The van der Waals surface area contributed by atoms with Gasteiger partial charge in [-0.1, -0.05) is 30.1 Å². The normalized spacial score (nSPS) is 18.8. The van der Waals surface area contributed by atoms with Gasteiger partial charge in [0.05, 0.1) is 23.1 Å². The first kappa shape index (κ1) is 19.3. The Balaban J connectivity index is 1.83. The molecule has 26 heavy (non-hydrogen) atoms. The van der Waals surface area contributed by atoms with Crippen molar-refractivity contribution in [2.24, 2.45) is 0 Å². The highest BCUT2D eigenvalue weighted by molar-refractivity contribution is 7.91. The van der Waals surface area contributed by atoms with Crippen LogP contribution >= 0.6 is 23.2 Å². The zero-order valence-electron chi connectivity index (χ0n) is 14.2. The minimum atomic E-state index is -3.08. The molecule has 0 saturated carbocycles. The number of halogens is 2. The van der Waals surface area contributed by atoms with Gasteiger partial charge in [0.1, 0.15) is 11.5 Å². The van der Waals surface area contributed by atoms with Gasteiger partial charge in [-0.25, -0.2) is 8.42 Å². The SMILES string of the molecule is CCC(=O)N(Cc1ccc(-c2cc(Cl)ccc2Cl)o1)[C@H]1CCS(=O)(=O)C1. The van der Waals surface area contributed by atoms with Gasteiger partial charge in [0.2, 0.25) is 5.91 Å². The molecule has 0 unspecified atom stereocenters. The molecule has 1 saturated heterocycles. The predicted octanol–water partition coefficient (Wildman–Crippen LogP) is 4.18. The Morgan fingerprint density at radius 3 is 2.69 bits per heavy atom. The van der Waals surface area contributed by atoms with E-state index in [-0.39, 0.29) is 30.0 Å². The Morgan fingerprint density at radius 1 is 1.27 bits per heavy atom. The van der Waals surface area contributed by atoms with Gasteiger partial charge in [-0.15, -0.1) is 0 Å². The highest BCUT2D eigenvalue weighted by Gasteiger charge is 2.34. The lowest BCUT2D eigenvalue weighted by Crippen LogP contribution is -2.40. The molecule has 0 aliphatic carbocycles. The fraction of sp³-hybridized carbons (Fsp3) is 0.389. The minimum Gasteiger partial charge on any atom is -0.459 e. The number of benzene rings is 1. The second kappa shape index (κ2) is 7.62. The van der Waals surface area contributed by atoms with Crippen molar-refractivity contribution in [3.8, 4) is 11.3 Å². The van der Waals surface area contributed by atoms with Crippen LogP contribution in [-0.2, 0) is 21.2 Å². The number of carbonyl (C=O) groups is 1. The van der Waals surface area contributed by atoms with Crippen LogP contribution in [0.4, 0.5) is 0 Å². The molecule has 1 amide bonds. The average molecular weight is 416 g/mol. The first-order valence-electron chi connectivity index (χ1n) is 8.33. The Hall–Kier alpha value is -1.50. The van der Waals surface area contributed by atoms with E-state index in [2.05, 4.69) is 0 Å². The summed E-state index contributed by atoms with van der Waals surface area (Å²) in [6.07, 6.45) is 0.770. The summed E-state index contributed by atoms with van der Waals surface area (Å²) in [6, 6.07) is 8.33. The minimum absolute atomic E-state index is 0.00638. The van der Waals surface area contributed by atoms with Crippen LogP contribution in [0.5, 0.6) is 0 Å². The number of rotatable bonds is 5. The number of sulfone groups is 1. The molecule has 1 aliphatic rings. The summed E-state index contributed by atoms with van der Waals surface area (Å²) in [4.78, 5) is 13.9. The molecule has 1 atom stereocenters. The molecule has 1 aliphatic heterocycles. The van der Waals surface area contributed by atoms with E-state index in [1.807, 2.05) is 0 Å². The van der Waals surface area contributed by atoms with Gasteiger partial charge in [0, 0.05) is 23.0 Å². The molecule has 3 rings (SSSR count). The van der Waals surface area contributed by atoms with E-state index in [0.29, 0.717) is 40.0 Å². The van der Waals surface area contributed by atoms with Crippen LogP contribution in [0, 0.1) is 0 Å². The zero-order chi connectivity index (χ0) is 18.9. The largest absolute Gasteiger partial charge is 0.459 e. The van der Waals surface area contributed by atoms with E-state index in [0.717, 1.165) is 0 Å². The molecule has 2 aromatic rings. The van der Waals surface area contributed by atoms with Gasteiger partial charge >= 0.3 is 0 Å². The molecule has 2 heterocycles. The fourth-order valence-electron chi connectivity index (χ4n) is 3.11. The van der Waals surface area contributed by atoms with Crippen molar-refractivity contribution < 1.29 is 17.6 Å². The number of furan rings is 1. The van der Waals surface area contributed by atoms with Crippen molar-refractivity contribution in [1.82, 2.24) is 4.90 Å². The summed E-state index contributed by atoms with van der Waals surface area (Å²) in [5, 5.41) is 1.06. The maximum absolute atomic E-state index is 12.3. The highest BCUT2D eigenvalue weighted by Crippen LogP contribution is 2.32. The summed E-state index contributed by atoms with van der Waals surface area (Å²) in [7, 11) is -3.08. The van der Waals surface area contributed by atoms with Crippen molar-refractivity contribution in [2.45, 2.75) is 32.4 Å². The molecular weight excluding hydrogens is 397 g/mol. The highest BCUT2D eigenvalue weighted by atomic mass is 35.5. The molecule has 0 radical (unpaired) electrons. The molecule has 140 valence electrons.